The Kier molecular flexibility index (Phi) is 4.66. The molecule has 0 aliphatic carbocycles. The first-order chi connectivity index (χ1) is 4.98. The van der Waals surface area contributed by atoms with Crippen molar-refractivity contribution in [1.29, 1.82) is 0 Å². The first-order valence-corrected chi connectivity index (χ1v) is 5.25. The van der Waals surface area contributed by atoms with Gasteiger partial charge in [-0.3, -0.25) is 4.57 Å². The van der Waals surface area contributed by atoms with Gasteiger partial charge in [0.2, 0.25) is 0 Å². The Bertz CT molecular complexity index is 182. The van der Waals surface area contributed by atoms with E-state index < -0.39 is 7.60 Å². The Hall–Kier alpha value is -0.110. The summed E-state index contributed by atoms with van der Waals surface area (Å²) in [5.41, 5.74) is 1.15. The molecule has 1 unspecified atom stereocenters. The Morgan fingerprint density at radius 3 is 2.55 bits per heavy atom. The first-order valence-electron chi connectivity index (χ1n) is 3.49. The highest BCUT2D eigenvalue weighted by Gasteiger charge is 2.14. The first kappa shape index (κ1) is 10.9. The minimum atomic E-state index is -3.27. The summed E-state index contributed by atoms with van der Waals surface area (Å²) in [6.07, 6.45) is 2.72. The molecule has 4 heteroatoms. The molecule has 0 aromatic rings. The van der Waals surface area contributed by atoms with Crippen LogP contribution >= 0.6 is 7.60 Å². The number of allylic oxidation sites excluding steroid dienone is 2. The Balaban J connectivity index is 3.72. The average molecular weight is 178 g/mol. The summed E-state index contributed by atoms with van der Waals surface area (Å²) in [5.74, 6) is 0. The summed E-state index contributed by atoms with van der Waals surface area (Å²) in [4.78, 5) is 8.94. The Morgan fingerprint density at radius 2 is 2.18 bits per heavy atom. The molecule has 3 nitrogen and oxygen atoms in total. The van der Waals surface area contributed by atoms with E-state index >= 15 is 0 Å². The normalized spacial score (nSPS) is 15.6. The second-order valence-electron chi connectivity index (χ2n) is 2.61. The van der Waals surface area contributed by atoms with E-state index in [4.69, 9.17) is 4.89 Å². The third-order valence-corrected chi connectivity index (χ3v) is 2.64. The molecule has 0 spiro atoms. The molecule has 1 atom stereocenters. The summed E-state index contributed by atoms with van der Waals surface area (Å²) in [6.45, 7) is 3.91. The highest BCUT2D eigenvalue weighted by Crippen LogP contribution is 2.41. The van der Waals surface area contributed by atoms with Crippen molar-refractivity contribution in [3.05, 3.63) is 11.6 Å². The van der Waals surface area contributed by atoms with Crippen molar-refractivity contribution in [2.24, 2.45) is 0 Å². The van der Waals surface area contributed by atoms with Crippen LogP contribution in [-0.4, -0.2) is 18.2 Å². The Morgan fingerprint density at radius 1 is 1.64 bits per heavy atom. The molecule has 0 heterocycles. The van der Waals surface area contributed by atoms with Crippen LogP contribution in [0.1, 0.15) is 20.3 Å². The van der Waals surface area contributed by atoms with Crippen LogP contribution in [0.4, 0.5) is 0 Å². The molecule has 0 saturated carbocycles. The van der Waals surface area contributed by atoms with Gasteiger partial charge in [0.25, 0.3) is 0 Å². The molecule has 0 bridgehead atoms. The summed E-state index contributed by atoms with van der Waals surface area (Å²) in [7, 11) is -2.02. The molecular weight excluding hydrogens is 163 g/mol. The maximum absolute atomic E-state index is 10.9. The molecule has 0 aromatic heterocycles. The molecule has 1 N–H and O–H groups in total. The molecular formula is C7H15O3P. The number of hydrogen-bond donors (Lipinski definition) is 1. The van der Waals surface area contributed by atoms with E-state index in [1.807, 2.05) is 19.9 Å². The molecule has 0 saturated heterocycles. The minimum absolute atomic E-state index is 0.203. The van der Waals surface area contributed by atoms with Crippen LogP contribution in [0.2, 0.25) is 0 Å². The van der Waals surface area contributed by atoms with Crippen molar-refractivity contribution < 1.29 is 14.0 Å². The van der Waals surface area contributed by atoms with Gasteiger partial charge in [-0.2, -0.15) is 0 Å². The van der Waals surface area contributed by atoms with Crippen molar-refractivity contribution >= 4 is 7.60 Å². The predicted octanol–water partition coefficient (Wildman–Crippen LogP) is 2.17. The van der Waals surface area contributed by atoms with E-state index in [0.29, 0.717) is 6.42 Å². The fraction of sp³-hybridized carbons (Fsp3) is 0.714. The van der Waals surface area contributed by atoms with Gasteiger partial charge in [-0.1, -0.05) is 11.6 Å². The molecule has 0 aliphatic rings. The largest absolute Gasteiger partial charge is 0.328 e. The number of hydrogen-bond acceptors (Lipinski definition) is 2. The molecule has 0 aromatic carbocycles. The molecule has 0 radical (unpaired) electrons. The van der Waals surface area contributed by atoms with E-state index in [2.05, 4.69) is 4.52 Å². The van der Waals surface area contributed by atoms with Crippen LogP contribution in [0.25, 0.3) is 0 Å². The minimum Gasteiger partial charge on any atom is -0.324 e. The molecule has 11 heavy (non-hydrogen) atoms. The van der Waals surface area contributed by atoms with E-state index in [9.17, 15) is 4.57 Å². The second-order valence-corrected chi connectivity index (χ2v) is 4.70. The zero-order valence-electron chi connectivity index (χ0n) is 7.20. The van der Waals surface area contributed by atoms with Crippen LogP contribution in [0, 0.1) is 0 Å². The van der Waals surface area contributed by atoms with Gasteiger partial charge in [0, 0.05) is 7.11 Å². The smallest absolute Gasteiger partial charge is 0.324 e. The fourth-order valence-electron chi connectivity index (χ4n) is 0.608. The summed E-state index contributed by atoms with van der Waals surface area (Å²) < 4.78 is 15.3. The lowest BCUT2D eigenvalue weighted by molar-refractivity contribution is 0.316. The van der Waals surface area contributed by atoms with E-state index in [-0.39, 0.29) is 6.16 Å². The van der Waals surface area contributed by atoms with Crippen molar-refractivity contribution in [3.63, 3.8) is 0 Å². The zero-order chi connectivity index (χ0) is 8.91. The summed E-state index contributed by atoms with van der Waals surface area (Å²) in [5, 5.41) is 0. The van der Waals surface area contributed by atoms with Crippen LogP contribution in [0.15, 0.2) is 11.6 Å². The van der Waals surface area contributed by atoms with Crippen molar-refractivity contribution in [3.8, 4) is 0 Å². The van der Waals surface area contributed by atoms with Gasteiger partial charge in [0.05, 0.1) is 6.16 Å². The number of rotatable bonds is 4. The average Bonchev–Trinajstić information content (AvgIpc) is 1.87. The van der Waals surface area contributed by atoms with Crippen molar-refractivity contribution in [1.82, 2.24) is 0 Å². The molecule has 0 aliphatic heterocycles. The van der Waals surface area contributed by atoms with Gasteiger partial charge in [-0.25, -0.2) is 0 Å². The molecule has 0 rings (SSSR count). The van der Waals surface area contributed by atoms with Crippen LogP contribution in [-0.2, 0) is 9.09 Å². The van der Waals surface area contributed by atoms with Crippen LogP contribution in [0.5, 0.6) is 0 Å². The third-order valence-electron chi connectivity index (χ3n) is 1.25. The molecule has 0 fully saturated rings. The summed E-state index contributed by atoms with van der Waals surface area (Å²) >= 11 is 0. The monoisotopic (exact) mass is 178 g/mol. The highest BCUT2D eigenvalue weighted by atomic mass is 31.2. The second kappa shape index (κ2) is 4.70. The zero-order valence-corrected chi connectivity index (χ0v) is 8.10. The van der Waals surface area contributed by atoms with Crippen molar-refractivity contribution in [2.75, 3.05) is 13.3 Å². The van der Waals surface area contributed by atoms with Crippen LogP contribution < -0.4 is 0 Å². The quantitative estimate of drug-likeness (QED) is 0.530. The Labute approximate surface area is 67.6 Å². The van der Waals surface area contributed by atoms with E-state index in [1.54, 1.807) is 0 Å². The third kappa shape index (κ3) is 6.29. The van der Waals surface area contributed by atoms with Gasteiger partial charge >= 0.3 is 7.60 Å². The van der Waals surface area contributed by atoms with Gasteiger partial charge < -0.3 is 9.42 Å². The molecule has 0 amide bonds. The van der Waals surface area contributed by atoms with Gasteiger partial charge in [0.15, 0.2) is 0 Å². The SMILES string of the molecule is COP(=O)(O)CCC=C(C)C. The summed E-state index contributed by atoms with van der Waals surface area (Å²) in [6, 6.07) is 0. The van der Waals surface area contributed by atoms with E-state index in [1.165, 1.54) is 7.11 Å². The maximum Gasteiger partial charge on any atom is 0.328 e. The molecule has 66 valence electrons. The lowest BCUT2D eigenvalue weighted by Gasteiger charge is -2.05. The van der Waals surface area contributed by atoms with Gasteiger partial charge in [-0.15, -0.1) is 0 Å². The maximum atomic E-state index is 10.9. The fourth-order valence-corrected chi connectivity index (χ4v) is 1.25. The van der Waals surface area contributed by atoms with Crippen molar-refractivity contribution in [2.45, 2.75) is 20.3 Å². The standard InChI is InChI=1S/C7H15O3P/c1-7(2)5-4-6-11(8,9)10-3/h5H,4,6H2,1-3H3,(H,8,9). The lowest BCUT2D eigenvalue weighted by atomic mass is 10.3. The topological polar surface area (TPSA) is 46.5 Å². The van der Waals surface area contributed by atoms with Crippen LogP contribution in [0.3, 0.4) is 0 Å². The van der Waals surface area contributed by atoms with E-state index in [0.717, 1.165) is 5.57 Å². The lowest BCUT2D eigenvalue weighted by Crippen LogP contribution is -1.89. The van der Waals surface area contributed by atoms with Gasteiger partial charge in [0.1, 0.15) is 0 Å². The highest BCUT2D eigenvalue weighted by molar-refractivity contribution is 7.52. The van der Waals surface area contributed by atoms with Gasteiger partial charge in [-0.05, 0) is 20.3 Å². The predicted molar refractivity (Wildman–Crippen MR) is 45.7 cm³/mol.